The van der Waals surface area contributed by atoms with Gasteiger partial charge in [-0.15, -0.1) is 11.3 Å². The summed E-state index contributed by atoms with van der Waals surface area (Å²) in [7, 11) is 0. The van der Waals surface area contributed by atoms with E-state index in [4.69, 9.17) is 4.74 Å². The predicted molar refractivity (Wildman–Crippen MR) is 69.2 cm³/mol. The molecule has 0 aromatic carbocycles. The molecule has 3 nitrogen and oxygen atoms in total. The predicted octanol–water partition coefficient (Wildman–Crippen LogP) is 3.29. The number of carbonyl (C=O) groups excluding carboxylic acids is 1. The highest BCUT2D eigenvalue weighted by molar-refractivity contribution is 7.10. The lowest BCUT2D eigenvalue weighted by Crippen LogP contribution is -2.37. The summed E-state index contributed by atoms with van der Waals surface area (Å²) < 4.78 is 5.33. The summed E-state index contributed by atoms with van der Waals surface area (Å²) in [6.07, 6.45) is 0.766. The van der Waals surface area contributed by atoms with Crippen molar-refractivity contribution in [1.82, 2.24) is 4.90 Å². The van der Waals surface area contributed by atoms with Crippen LogP contribution in [0.25, 0.3) is 0 Å². The molecule has 0 aliphatic carbocycles. The van der Waals surface area contributed by atoms with Crippen LogP contribution in [0.2, 0.25) is 0 Å². The van der Waals surface area contributed by atoms with Gasteiger partial charge in [-0.05, 0) is 28.8 Å². The van der Waals surface area contributed by atoms with E-state index in [0.29, 0.717) is 13.2 Å². The molecule has 0 unspecified atom stereocenters. The van der Waals surface area contributed by atoms with E-state index in [9.17, 15) is 4.79 Å². The van der Waals surface area contributed by atoms with Crippen LogP contribution in [0.4, 0.5) is 4.79 Å². The fourth-order valence-electron chi connectivity index (χ4n) is 1.76. The Morgan fingerprint density at radius 3 is 3.00 bits per heavy atom. The minimum Gasteiger partial charge on any atom is -0.449 e. The van der Waals surface area contributed by atoms with Crippen molar-refractivity contribution in [2.45, 2.75) is 33.7 Å². The highest BCUT2D eigenvalue weighted by atomic mass is 32.1. The summed E-state index contributed by atoms with van der Waals surface area (Å²) in [4.78, 5) is 15.0. The van der Waals surface area contributed by atoms with Crippen molar-refractivity contribution in [2.24, 2.45) is 5.41 Å². The van der Waals surface area contributed by atoms with Gasteiger partial charge in [-0.3, -0.25) is 0 Å². The van der Waals surface area contributed by atoms with E-state index in [1.54, 1.807) is 16.2 Å². The molecule has 0 saturated heterocycles. The molecule has 0 bridgehead atoms. The molecule has 1 aliphatic heterocycles. The quantitative estimate of drug-likeness (QED) is 0.768. The van der Waals surface area contributed by atoms with Gasteiger partial charge in [0.15, 0.2) is 0 Å². The second-order valence-electron chi connectivity index (χ2n) is 5.66. The SMILES string of the molecule is CC(C)(C)COC(=O)N1CCc2ccsc2C1. The summed E-state index contributed by atoms with van der Waals surface area (Å²) in [6.45, 7) is 8.14. The smallest absolute Gasteiger partial charge is 0.410 e. The van der Waals surface area contributed by atoms with E-state index in [1.165, 1.54) is 10.4 Å². The maximum Gasteiger partial charge on any atom is 0.410 e. The van der Waals surface area contributed by atoms with E-state index in [1.807, 2.05) is 0 Å². The molecule has 4 heteroatoms. The van der Waals surface area contributed by atoms with Gasteiger partial charge in [0.1, 0.15) is 0 Å². The van der Waals surface area contributed by atoms with Crippen LogP contribution in [0.3, 0.4) is 0 Å². The van der Waals surface area contributed by atoms with Crippen molar-refractivity contribution in [3.8, 4) is 0 Å². The van der Waals surface area contributed by atoms with Crippen LogP contribution in [-0.4, -0.2) is 24.1 Å². The maximum atomic E-state index is 11.9. The summed E-state index contributed by atoms with van der Waals surface area (Å²) >= 11 is 1.72. The van der Waals surface area contributed by atoms with Crippen molar-refractivity contribution in [3.63, 3.8) is 0 Å². The van der Waals surface area contributed by atoms with Crippen LogP contribution < -0.4 is 0 Å². The minimum atomic E-state index is -0.182. The lowest BCUT2D eigenvalue weighted by molar-refractivity contribution is 0.0692. The van der Waals surface area contributed by atoms with Gasteiger partial charge in [0.2, 0.25) is 0 Å². The highest BCUT2D eigenvalue weighted by Gasteiger charge is 2.23. The number of carbonyl (C=O) groups is 1. The number of nitrogens with zero attached hydrogens (tertiary/aromatic N) is 1. The van der Waals surface area contributed by atoms with Crippen LogP contribution in [0.1, 0.15) is 31.2 Å². The lowest BCUT2D eigenvalue weighted by atomic mass is 9.99. The molecule has 1 aromatic rings. The Hall–Kier alpha value is -1.03. The van der Waals surface area contributed by atoms with Crippen LogP contribution in [0.5, 0.6) is 0 Å². The minimum absolute atomic E-state index is 0.0273. The zero-order chi connectivity index (χ0) is 12.5. The van der Waals surface area contributed by atoms with Crippen LogP contribution >= 0.6 is 11.3 Å². The van der Waals surface area contributed by atoms with Crippen molar-refractivity contribution in [2.75, 3.05) is 13.2 Å². The molecule has 17 heavy (non-hydrogen) atoms. The largest absolute Gasteiger partial charge is 0.449 e. The molecular formula is C13H19NO2S. The van der Waals surface area contributed by atoms with Gasteiger partial charge in [0.05, 0.1) is 13.2 Å². The third kappa shape index (κ3) is 3.22. The number of rotatable bonds is 1. The first-order valence-electron chi connectivity index (χ1n) is 5.93. The Kier molecular flexibility index (Phi) is 3.43. The second-order valence-corrected chi connectivity index (χ2v) is 6.66. The first-order chi connectivity index (χ1) is 7.96. The summed E-state index contributed by atoms with van der Waals surface area (Å²) in [5.41, 5.74) is 1.41. The highest BCUT2D eigenvalue weighted by Crippen LogP contribution is 2.24. The number of amides is 1. The molecule has 2 heterocycles. The number of fused-ring (bicyclic) bond motifs is 1. The molecule has 1 aliphatic rings. The first-order valence-corrected chi connectivity index (χ1v) is 6.81. The summed E-state index contributed by atoms with van der Waals surface area (Å²) in [5, 5.41) is 2.09. The first kappa shape index (κ1) is 12.4. The topological polar surface area (TPSA) is 29.5 Å². The summed E-state index contributed by atoms with van der Waals surface area (Å²) in [5.74, 6) is 0. The van der Waals surface area contributed by atoms with E-state index in [2.05, 4.69) is 32.2 Å². The van der Waals surface area contributed by atoms with Crippen molar-refractivity contribution < 1.29 is 9.53 Å². The monoisotopic (exact) mass is 253 g/mol. The zero-order valence-electron chi connectivity index (χ0n) is 10.7. The van der Waals surface area contributed by atoms with E-state index >= 15 is 0 Å². The van der Waals surface area contributed by atoms with Gasteiger partial charge >= 0.3 is 6.09 Å². The third-order valence-corrected chi connectivity index (χ3v) is 3.66. The van der Waals surface area contributed by atoms with Crippen LogP contribution in [0.15, 0.2) is 11.4 Å². The molecule has 0 N–H and O–H groups in total. The normalized spacial score (nSPS) is 15.6. The van der Waals surface area contributed by atoms with Crippen LogP contribution in [-0.2, 0) is 17.7 Å². The Morgan fingerprint density at radius 2 is 2.29 bits per heavy atom. The van der Waals surface area contributed by atoms with Gasteiger partial charge in [-0.1, -0.05) is 20.8 Å². The maximum absolute atomic E-state index is 11.9. The Bertz CT molecular complexity index is 406. The second kappa shape index (κ2) is 4.69. The van der Waals surface area contributed by atoms with Crippen molar-refractivity contribution in [1.29, 1.82) is 0 Å². The summed E-state index contributed by atoms with van der Waals surface area (Å²) in [6, 6.07) is 2.15. The molecule has 2 rings (SSSR count). The fourth-order valence-corrected chi connectivity index (χ4v) is 2.71. The van der Waals surface area contributed by atoms with Crippen molar-refractivity contribution >= 4 is 17.4 Å². The van der Waals surface area contributed by atoms with Gasteiger partial charge < -0.3 is 9.64 Å². The average molecular weight is 253 g/mol. The third-order valence-electron chi connectivity index (χ3n) is 2.71. The molecule has 0 spiro atoms. The van der Waals surface area contributed by atoms with Crippen molar-refractivity contribution in [3.05, 3.63) is 21.9 Å². The Morgan fingerprint density at radius 1 is 1.53 bits per heavy atom. The molecule has 1 aromatic heterocycles. The van der Waals surface area contributed by atoms with E-state index in [0.717, 1.165) is 13.0 Å². The molecular weight excluding hydrogens is 234 g/mol. The molecule has 0 radical (unpaired) electrons. The molecule has 0 fully saturated rings. The number of hydrogen-bond donors (Lipinski definition) is 0. The van der Waals surface area contributed by atoms with Gasteiger partial charge in [0, 0.05) is 11.4 Å². The van der Waals surface area contributed by atoms with Crippen LogP contribution in [0, 0.1) is 5.41 Å². The number of ether oxygens (including phenoxy) is 1. The molecule has 94 valence electrons. The lowest BCUT2D eigenvalue weighted by Gasteiger charge is -2.27. The van der Waals surface area contributed by atoms with Gasteiger partial charge in [-0.2, -0.15) is 0 Å². The molecule has 0 saturated carbocycles. The number of hydrogen-bond acceptors (Lipinski definition) is 3. The zero-order valence-corrected chi connectivity index (χ0v) is 11.5. The van der Waals surface area contributed by atoms with E-state index in [-0.39, 0.29) is 11.5 Å². The fraction of sp³-hybridized carbons (Fsp3) is 0.615. The number of thiophene rings is 1. The average Bonchev–Trinajstić information content (AvgIpc) is 2.71. The standard InChI is InChI=1S/C13H19NO2S/c1-13(2,3)9-16-12(15)14-6-4-10-5-7-17-11(10)8-14/h5,7H,4,6,8-9H2,1-3H3. The van der Waals surface area contributed by atoms with Gasteiger partial charge in [0.25, 0.3) is 0 Å². The molecule has 1 amide bonds. The Labute approximate surface area is 106 Å². The molecule has 0 atom stereocenters. The van der Waals surface area contributed by atoms with Gasteiger partial charge in [-0.25, -0.2) is 4.79 Å². The van der Waals surface area contributed by atoms with E-state index < -0.39 is 0 Å². The Balaban J connectivity index is 1.90.